The van der Waals surface area contributed by atoms with Crippen molar-refractivity contribution in [1.82, 2.24) is 20.0 Å². The molecule has 3 rings (SSSR count). The van der Waals surface area contributed by atoms with Crippen LogP contribution in [0.2, 0.25) is 0 Å². The Kier molecular flexibility index (Phi) is 1.83. The number of aromatic nitrogens is 4. The highest BCUT2D eigenvalue weighted by molar-refractivity contribution is 5.75. The summed E-state index contributed by atoms with van der Waals surface area (Å²) in [5.41, 5.74) is 8.20. The number of rotatable bonds is 1. The maximum atomic E-state index is 5.54. The Labute approximate surface area is 91.5 Å². The smallest absolute Gasteiger partial charge is 0.123 e. The van der Waals surface area contributed by atoms with Gasteiger partial charge in [0.05, 0.1) is 17.4 Å². The van der Waals surface area contributed by atoms with Gasteiger partial charge in [0.15, 0.2) is 0 Å². The number of nitrogens with zero attached hydrogens (tertiary/aromatic N) is 4. The summed E-state index contributed by atoms with van der Waals surface area (Å²) in [5, 5.41) is 8.15. The van der Waals surface area contributed by atoms with Gasteiger partial charge in [0.1, 0.15) is 11.3 Å². The van der Waals surface area contributed by atoms with Crippen LogP contribution in [0.25, 0.3) is 16.7 Å². The molecule has 5 nitrogen and oxygen atoms in total. The molecule has 0 radical (unpaired) electrons. The van der Waals surface area contributed by atoms with Crippen LogP contribution in [0, 0.1) is 0 Å². The van der Waals surface area contributed by atoms with E-state index < -0.39 is 0 Å². The second kappa shape index (κ2) is 3.30. The number of benzene rings is 1. The fourth-order valence-corrected chi connectivity index (χ4v) is 1.58. The van der Waals surface area contributed by atoms with Crippen molar-refractivity contribution in [3.63, 3.8) is 0 Å². The number of anilines is 1. The molecule has 2 heterocycles. The van der Waals surface area contributed by atoms with Gasteiger partial charge in [0.25, 0.3) is 0 Å². The average Bonchev–Trinajstić information content (AvgIpc) is 2.74. The number of nitrogens with two attached hydrogens (primary N) is 1. The number of hydrogen-bond acceptors (Lipinski definition) is 4. The molecule has 0 aliphatic heterocycles. The molecule has 0 fully saturated rings. The van der Waals surface area contributed by atoms with Gasteiger partial charge in [-0.15, -0.1) is 5.10 Å². The van der Waals surface area contributed by atoms with E-state index in [0.717, 1.165) is 16.7 Å². The SMILES string of the molecule is Nc1ccc(-n2nnc3ccccc32)cn1. The first kappa shape index (κ1) is 8.84. The van der Waals surface area contributed by atoms with E-state index in [1.807, 2.05) is 30.3 Å². The molecule has 0 saturated carbocycles. The Morgan fingerprint density at radius 3 is 2.75 bits per heavy atom. The third kappa shape index (κ3) is 1.30. The van der Waals surface area contributed by atoms with Crippen LogP contribution in [0.3, 0.4) is 0 Å². The van der Waals surface area contributed by atoms with Crippen molar-refractivity contribution in [2.24, 2.45) is 0 Å². The van der Waals surface area contributed by atoms with Crippen LogP contribution in [-0.2, 0) is 0 Å². The van der Waals surface area contributed by atoms with Gasteiger partial charge in [-0.2, -0.15) is 0 Å². The summed E-state index contributed by atoms with van der Waals surface area (Å²) in [5.74, 6) is 0.494. The summed E-state index contributed by atoms with van der Waals surface area (Å²) in [6, 6.07) is 11.4. The fourth-order valence-electron chi connectivity index (χ4n) is 1.58. The molecule has 2 aromatic heterocycles. The van der Waals surface area contributed by atoms with Crippen molar-refractivity contribution in [3.05, 3.63) is 42.6 Å². The summed E-state index contributed by atoms with van der Waals surface area (Å²) >= 11 is 0. The molecule has 5 heteroatoms. The molecule has 0 bridgehead atoms. The van der Waals surface area contributed by atoms with Gasteiger partial charge in [-0.3, -0.25) is 0 Å². The van der Waals surface area contributed by atoms with Gasteiger partial charge in [-0.25, -0.2) is 9.67 Å². The minimum absolute atomic E-state index is 0.494. The van der Waals surface area contributed by atoms with Gasteiger partial charge in [0, 0.05) is 0 Å². The van der Waals surface area contributed by atoms with Crippen molar-refractivity contribution < 1.29 is 0 Å². The van der Waals surface area contributed by atoms with E-state index >= 15 is 0 Å². The van der Waals surface area contributed by atoms with E-state index in [-0.39, 0.29) is 0 Å². The molecule has 0 saturated heterocycles. The topological polar surface area (TPSA) is 69.6 Å². The van der Waals surface area contributed by atoms with Crippen molar-refractivity contribution in [3.8, 4) is 5.69 Å². The summed E-state index contributed by atoms with van der Waals surface area (Å²) in [4.78, 5) is 4.03. The lowest BCUT2D eigenvalue weighted by Gasteiger charge is -2.01. The normalized spacial score (nSPS) is 10.8. The fraction of sp³-hybridized carbons (Fsp3) is 0. The second-order valence-corrected chi connectivity index (χ2v) is 3.43. The molecule has 0 unspecified atom stereocenters. The highest BCUT2D eigenvalue weighted by atomic mass is 15.4. The zero-order chi connectivity index (χ0) is 11.0. The number of pyridine rings is 1. The van der Waals surface area contributed by atoms with E-state index in [2.05, 4.69) is 15.3 Å². The predicted octanol–water partition coefficient (Wildman–Crippen LogP) is 1.40. The van der Waals surface area contributed by atoms with E-state index in [9.17, 15) is 0 Å². The van der Waals surface area contributed by atoms with Gasteiger partial charge < -0.3 is 5.73 Å². The molecule has 0 atom stereocenters. The molecular formula is C11H9N5. The Morgan fingerprint density at radius 1 is 1.06 bits per heavy atom. The Morgan fingerprint density at radius 2 is 1.94 bits per heavy atom. The van der Waals surface area contributed by atoms with Crippen LogP contribution in [0.1, 0.15) is 0 Å². The van der Waals surface area contributed by atoms with E-state index in [4.69, 9.17) is 5.73 Å². The summed E-state index contributed by atoms with van der Waals surface area (Å²) in [7, 11) is 0. The molecule has 1 aromatic carbocycles. The second-order valence-electron chi connectivity index (χ2n) is 3.43. The summed E-state index contributed by atoms with van der Waals surface area (Å²) < 4.78 is 1.74. The standard InChI is InChI=1S/C11H9N5/c12-11-6-5-8(7-13-11)16-10-4-2-1-3-9(10)14-15-16/h1-7H,(H2,12,13). The zero-order valence-corrected chi connectivity index (χ0v) is 8.41. The Hall–Kier alpha value is -2.43. The van der Waals surface area contributed by atoms with Crippen LogP contribution in [0.4, 0.5) is 5.82 Å². The third-order valence-corrected chi connectivity index (χ3v) is 2.37. The largest absolute Gasteiger partial charge is 0.384 e. The molecule has 16 heavy (non-hydrogen) atoms. The molecular weight excluding hydrogens is 202 g/mol. The van der Waals surface area contributed by atoms with E-state index in [1.165, 1.54) is 0 Å². The lowest BCUT2D eigenvalue weighted by molar-refractivity contribution is 0.820. The minimum Gasteiger partial charge on any atom is -0.384 e. The van der Waals surface area contributed by atoms with Crippen LogP contribution in [0.15, 0.2) is 42.6 Å². The minimum atomic E-state index is 0.494. The van der Waals surface area contributed by atoms with Crippen molar-refractivity contribution in [2.75, 3.05) is 5.73 Å². The highest BCUT2D eigenvalue weighted by Crippen LogP contribution is 2.15. The third-order valence-electron chi connectivity index (χ3n) is 2.37. The highest BCUT2D eigenvalue weighted by Gasteiger charge is 2.05. The number of nitrogen functional groups attached to an aromatic ring is 1. The van der Waals surface area contributed by atoms with Gasteiger partial charge >= 0.3 is 0 Å². The quantitative estimate of drug-likeness (QED) is 0.660. The first-order chi connectivity index (χ1) is 7.84. The van der Waals surface area contributed by atoms with Crippen molar-refractivity contribution in [1.29, 1.82) is 0 Å². The predicted molar refractivity (Wildman–Crippen MR) is 61.1 cm³/mol. The van der Waals surface area contributed by atoms with Gasteiger partial charge in [-0.1, -0.05) is 17.3 Å². The van der Waals surface area contributed by atoms with E-state index in [0.29, 0.717) is 5.82 Å². The number of fused-ring (bicyclic) bond motifs is 1. The van der Waals surface area contributed by atoms with Crippen LogP contribution in [0.5, 0.6) is 0 Å². The van der Waals surface area contributed by atoms with Crippen molar-refractivity contribution in [2.45, 2.75) is 0 Å². The molecule has 0 spiro atoms. The number of para-hydroxylation sites is 1. The molecule has 0 aliphatic carbocycles. The van der Waals surface area contributed by atoms with Crippen molar-refractivity contribution >= 4 is 16.9 Å². The maximum absolute atomic E-state index is 5.54. The Balaban J connectivity index is 2.22. The summed E-state index contributed by atoms with van der Waals surface area (Å²) in [6.07, 6.45) is 1.68. The average molecular weight is 211 g/mol. The first-order valence-corrected chi connectivity index (χ1v) is 4.87. The lowest BCUT2D eigenvalue weighted by Crippen LogP contribution is -1.98. The van der Waals surface area contributed by atoms with Crippen LogP contribution in [-0.4, -0.2) is 20.0 Å². The maximum Gasteiger partial charge on any atom is 0.123 e. The lowest BCUT2D eigenvalue weighted by atomic mass is 10.3. The first-order valence-electron chi connectivity index (χ1n) is 4.87. The Bertz CT molecular complexity index is 626. The van der Waals surface area contributed by atoms with Gasteiger partial charge in [-0.05, 0) is 24.3 Å². The van der Waals surface area contributed by atoms with E-state index in [1.54, 1.807) is 16.9 Å². The zero-order valence-electron chi connectivity index (χ0n) is 8.41. The molecule has 0 aliphatic rings. The number of hydrogen-bond donors (Lipinski definition) is 1. The van der Waals surface area contributed by atoms with Gasteiger partial charge in [0.2, 0.25) is 0 Å². The monoisotopic (exact) mass is 211 g/mol. The molecule has 0 amide bonds. The molecule has 78 valence electrons. The molecule has 2 N–H and O–H groups in total. The van der Waals surface area contributed by atoms with Crippen LogP contribution < -0.4 is 5.73 Å². The van der Waals surface area contributed by atoms with Crippen LogP contribution >= 0.6 is 0 Å². The molecule has 3 aromatic rings. The summed E-state index contributed by atoms with van der Waals surface area (Å²) in [6.45, 7) is 0.